The summed E-state index contributed by atoms with van der Waals surface area (Å²) in [5.41, 5.74) is 3.28. The van der Waals surface area contributed by atoms with E-state index in [1.807, 2.05) is 37.3 Å². The number of carbonyl (C=O) groups excluding carboxylic acids is 1. The molecule has 1 aromatic heterocycles. The van der Waals surface area contributed by atoms with E-state index in [1.165, 1.54) is 0 Å². The van der Waals surface area contributed by atoms with Crippen LogP contribution in [0.2, 0.25) is 0 Å². The number of aromatic nitrogens is 2. The highest BCUT2D eigenvalue weighted by Crippen LogP contribution is 2.32. The zero-order valence-electron chi connectivity index (χ0n) is 15.6. The van der Waals surface area contributed by atoms with Crippen LogP contribution in [0.25, 0.3) is 11.3 Å². The third kappa shape index (κ3) is 3.87. The number of carbonyl (C=O) groups is 1. The lowest BCUT2D eigenvalue weighted by Crippen LogP contribution is -2.13. The Morgan fingerprint density at radius 1 is 0.963 bits per heavy atom. The number of anilines is 1. The molecule has 0 saturated carbocycles. The van der Waals surface area contributed by atoms with Crippen LogP contribution in [0.5, 0.6) is 17.2 Å². The third-order valence-corrected chi connectivity index (χ3v) is 4.11. The Morgan fingerprint density at radius 2 is 1.74 bits per heavy atom. The average Bonchev–Trinajstić information content (AvgIpc) is 3.17. The van der Waals surface area contributed by atoms with E-state index < -0.39 is 0 Å². The van der Waals surface area contributed by atoms with Crippen molar-refractivity contribution in [2.75, 3.05) is 26.6 Å². The van der Waals surface area contributed by atoms with E-state index in [4.69, 9.17) is 14.2 Å². The number of methoxy groups -OCH3 is 3. The summed E-state index contributed by atoms with van der Waals surface area (Å²) in [6.45, 7) is 1.94. The molecule has 0 atom stereocenters. The fourth-order valence-corrected chi connectivity index (χ4v) is 2.70. The Kier molecular flexibility index (Phi) is 5.30. The second-order valence-corrected chi connectivity index (χ2v) is 5.89. The Hall–Kier alpha value is -3.48. The number of nitrogens with one attached hydrogen (secondary N) is 2. The van der Waals surface area contributed by atoms with Crippen molar-refractivity contribution in [2.45, 2.75) is 6.92 Å². The van der Waals surface area contributed by atoms with Gasteiger partial charge in [-0.25, -0.2) is 0 Å². The zero-order valence-corrected chi connectivity index (χ0v) is 15.6. The van der Waals surface area contributed by atoms with Gasteiger partial charge in [-0.05, 0) is 42.8 Å². The molecule has 2 aromatic carbocycles. The molecule has 2 N–H and O–H groups in total. The van der Waals surface area contributed by atoms with Crippen molar-refractivity contribution in [3.05, 3.63) is 53.7 Å². The minimum Gasteiger partial charge on any atom is -0.497 e. The van der Waals surface area contributed by atoms with E-state index in [-0.39, 0.29) is 5.91 Å². The normalized spacial score (nSPS) is 10.4. The monoisotopic (exact) mass is 367 g/mol. The minimum atomic E-state index is -0.315. The van der Waals surface area contributed by atoms with Gasteiger partial charge in [0.2, 0.25) is 0 Å². The highest BCUT2D eigenvalue weighted by atomic mass is 16.5. The van der Waals surface area contributed by atoms with Crippen LogP contribution in [0.4, 0.5) is 5.69 Å². The fourth-order valence-electron chi connectivity index (χ4n) is 2.70. The summed E-state index contributed by atoms with van der Waals surface area (Å²) < 4.78 is 15.9. The highest BCUT2D eigenvalue weighted by molar-refractivity contribution is 6.04. The van der Waals surface area contributed by atoms with E-state index in [1.54, 1.807) is 33.5 Å². The largest absolute Gasteiger partial charge is 0.497 e. The van der Waals surface area contributed by atoms with Gasteiger partial charge >= 0.3 is 0 Å². The molecule has 0 aliphatic carbocycles. The van der Waals surface area contributed by atoms with Crippen molar-refractivity contribution in [3.63, 3.8) is 0 Å². The van der Waals surface area contributed by atoms with Gasteiger partial charge in [-0.2, -0.15) is 5.10 Å². The first-order chi connectivity index (χ1) is 13.0. The van der Waals surface area contributed by atoms with E-state index >= 15 is 0 Å². The summed E-state index contributed by atoms with van der Waals surface area (Å²) in [4.78, 5) is 12.6. The summed E-state index contributed by atoms with van der Waals surface area (Å²) in [6, 6.07) is 12.6. The number of amides is 1. The molecule has 27 heavy (non-hydrogen) atoms. The van der Waals surface area contributed by atoms with Gasteiger partial charge in [-0.3, -0.25) is 9.89 Å². The van der Waals surface area contributed by atoms with E-state index in [2.05, 4.69) is 15.5 Å². The standard InChI is InChI=1S/C20H21N3O4/c1-12-5-8-18(26-3)16(9-12)21-20(24)17-11-15(22-23-17)14-7-6-13(25-2)10-19(14)27-4/h5-11H,1-4H3,(H,21,24)(H,22,23). The van der Waals surface area contributed by atoms with Crippen LogP contribution in [-0.2, 0) is 0 Å². The number of aryl methyl sites for hydroxylation is 1. The summed E-state index contributed by atoms with van der Waals surface area (Å²) in [5.74, 6) is 1.56. The molecule has 0 bridgehead atoms. The molecular formula is C20H21N3O4. The zero-order chi connectivity index (χ0) is 19.4. The minimum absolute atomic E-state index is 0.315. The van der Waals surface area contributed by atoms with Crippen molar-refractivity contribution in [3.8, 4) is 28.5 Å². The number of rotatable bonds is 6. The number of benzene rings is 2. The molecule has 1 heterocycles. The van der Waals surface area contributed by atoms with Gasteiger partial charge in [0.15, 0.2) is 0 Å². The molecule has 140 valence electrons. The van der Waals surface area contributed by atoms with Gasteiger partial charge in [0.05, 0.1) is 32.7 Å². The molecule has 0 radical (unpaired) electrons. The lowest BCUT2D eigenvalue weighted by atomic mass is 10.1. The number of hydrogen-bond donors (Lipinski definition) is 2. The van der Waals surface area contributed by atoms with Crippen LogP contribution in [0.15, 0.2) is 42.5 Å². The molecular weight excluding hydrogens is 346 g/mol. The second-order valence-electron chi connectivity index (χ2n) is 5.89. The molecule has 0 aliphatic rings. The summed E-state index contributed by atoms with van der Waals surface area (Å²) in [7, 11) is 4.72. The molecule has 0 spiro atoms. The van der Waals surface area contributed by atoms with E-state index in [0.29, 0.717) is 34.3 Å². The first-order valence-electron chi connectivity index (χ1n) is 8.29. The fraction of sp³-hybridized carbons (Fsp3) is 0.200. The number of ether oxygens (including phenoxy) is 3. The van der Waals surface area contributed by atoms with Gasteiger partial charge in [0.25, 0.3) is 5.91 Å². The lowest BCUT2D eigenvalue weighted by molar-refractivity contribution is 0.102. The predicted octanol–water partition coefficient (Wildman–Crippen LogP) is 3.66. The average molecular weight is 367 g/mol. The summed E-state index contributed by atoms with van der Waals surface area (Å²) in [5, 5.41) is 9.85. The SMILES string of the molecule is COc1ccc(-c2cc(C(=O)Nc3cc(C)ccc3OC)[nH]n2)c(OC)c1. The molecule has 0 unspecified atom stereocenters. The van der Waals surface area contributed by atoms with Gasteiger partial charge < -0.3 is 19.5 Å². The molecule has 1 amide bonds. The summed E-state index contributed by atoms with van der Waals surface area (Å²) >= 11 is 0. The van der Waals surface area contributed by atoms with Crippen molar-refractivity contribution in [1.82, 2.24) is 10.2 Å². The third-order valence-electron chi connectivity index (χ3n) is 4.11. The van der Waals surface area contributed by atoms with Crippen LogP contribution in [0.3, 0.4) is 0 Å². The number of nitrogens with zero attached hydrogens (tertiary/aromatic N) is 1. The van der Waals surface area contributed by atoms with Crippen LogP contribution in [0, 0.1) is 6.92 Å². The Morgan fingerprint density at radius 3 is 2.44 bits per heavy atom. The van der Waals surface area contributed by atoms with Crippen LogP contribution >= 0.6 is 0 Å². The maximum Gasteiger partial charge on any atom is 0.273 e. The molecule has 0 aliphatic heterocycles. The molecule has 3 rings (SSSR count). The van der Waals surface area contributed by atoms with E-state index in [9.17, 15) is 4.79 Å². The van der Waals surface area contributed by atoms with Gasteiger partial charge in [-0.15, -0.1) is 0 Å². The summed E-state index contributed by atoms with van der Waals surface area (Å²) in [6.07, 6.45) is 0. The smallest absolute Gasteiger partial charge is 0.273 e. The second kappa shape index (κ2) is 7.82. The molecule has 3 aromatic rings. The Labute approximate surface area is 157 Å². The maximum absolute atomic E-state index is 12.6. The Bertz CT molecular complexity index is 966. The van der Waals surface area contributed by atoms with Crippen molar-refractivity contribution in [1.29, 1.82) is 0 Å². The van der Waals surface area contributed by atoms with E-state index in [0.717, 1.165) is 11.1 Å². The quantitative estimate of drug-likeness (QED) is 0.694. The van der Waals surface area contributed by atoms with Crippen molar-refractivity contribution in [2.24, 2.45) is 0 Å². The predicted molar refractivity (Wildman–Crippen MR) is 103 cm³/mol. The molecule has 0 fully saturated rings. The number of H-pyrrole nitrogens is 1. The molecule has 7 nitrogen and oxygen atoms in total. The van der Waals surface area contributed by atoms with Crippen LogP contribution < -0.4 is 19.5 Å². The lowest BCUT2D eigenvalue weighted by Gasteiger charge is -2.10. The maximum atomic E-state index is 12.6. The van der Waals surface area contributed by atoms with Gasteiger partial charge in [0.1, 0.15) is 22.9 Å². The number of aromatic amines is 1. The highest BCUT2D eigenvalue weighted by Gasteiger charge is 2.16. The molecule has 0 saturated heterocycles. The number of hydrogen-bond acceptors (Lipinski definition) is 5. The van der Waals surface area contributed by atoms with Crippen LogP contribution in [0.1, 0.15) is 16.1 Å². The topological polar surface area (TPSA) is 85.5 Å². The van der Waals surface area contributed by atoms with Gasteiger partial charge in [0, 0.05) is 11.6 Å². The Balaban J connectivity index is 1.86. The molecule has 7 heteroatoms. The first kappa shape index (κ1) is 18.3. The van der Waals surface area contributed by atoms with Crippen LogP contribution in [-0.4, -0.2) is 37.4 Å². The van der Waals surface area contributed by atoms with Gasteiger partial charge in [-0.1, -0.05) is 6.07 Å². The first-order valence-corrected chi connectivity index (χ1v) is 8.29. The van der Waals surface area contributed by atoms with Crippen molar-refractivity contribution < 1.29 is 19.0 Å². The van der Waals surface area contributed by atoms with Crippen molar-refractivity contribution >= 4 is 11.6 Å².